The second-order valence-corrected chi connectivity index (χ2v) is 5.05. The number of hydrogen-bond acceptors (Lipinski definition) is 3. The molecule has 1 saturated carbocycles. The van der Waals surface area contributed by atoms with Crippen LogP contribution in [-0.2, 0) is 9.53 Å². The second-order valence-electron chi connectivity index (χ2n) is 5.05. The van der Waals surface area contributed by atoms with E-state index in [4.69, 9.17) is 4.74 Å². The summed E-state index contributed by atoms with van der Waals surface area (Å²) in [5.74, 6) is -0.0947. The fourth-order valence-electron chi connectivity index (χ4n) is 2.08. The van der Waals surface area contributed by atoms with Gasteiger partial charge in [0.25, 0.3) is 5.91 Å². The minimum atomic E-state index is -1.02. The predicted octanol–water partition coefficient (Wildman–Crippen LogP) is 0.927. The number of carbonyl (C=O) groups excluding carboxylic acids is 1. The van der Waals surface area contributed by atoms with Gasteiger partial charge in [-0.15, -0.1) is 0 Å². The van der Waals surface area contributed by atoms with Crippen molar-refractivity contribution in [3.05, 3.63) is 0 Å². The van der Waals surface area contributed by atoms with E-state index in [1.165, 1.54) is 0 Å². The lowest BCUT2D eigenvalue weighted by atomic mass is 10.2. The molecule has 0 radical (unpaired) electrons. The minimum Gasteiger partial charge on any atom is -0.380 e. The largest absolute Gasteiger partial charge is 0.380 e. The maximum atomic E-state index is 11.9. The summed E-state index contributed by atoms with van der Waals surface area (Å²) in [6.45, 7) is 5.52. The van der Waals surface area contributed by atoms with Gasteiger partial charge in [0, 0.05) is 13.1 Å². The third-order valence-corrected chi connectivity index (χ3v) is 3.55. The molecule has 1 amide bonds. The van der Waals surface area contributed by atoms with Crippen LogP contribution in [0.2, 0.25) is 0 Å². The highest BCUT2D eigenvalue weighted by atomic mass is 16.5. The summed E-state index contributed by atoms with van der Waals surface area (Å²) in [5, 5.41) is 9.74. The Morgan fingerprint density at radius 1 is 1.62 bits per heavy atom. The molecule has 2 atom stereocenters. The molecule has 1 N–H and O–H groups in total. The predicted molar refractivity (Wildman–Crippen MR) is 60.0 cm³/mol. The molecule has 1 unspecified atom stereocenters. The van der Waals surface area contributed by atoms with Crippen molar-refractivity contribution in [3.8, 4) is 0 Å². The quantitative estimate of drug-likeness (QED) is 0.777. The molecule has 2 rings (SSSR count). The van der Waals surface area contributed by atoms with Crippen molar-refractivity contribution in [3.63, 3.8) is 0 Å². The van der Waals surface area contributed by atoms with Crippen LogP contribution in [0.15, 0.2) is 0 Å². The van der Waals surface area contributed by atoms with Gasteiger partial charge in [-0.25, -0.2) is 0 Å². The van der Waals surface area contributed by atoms with Gasteiger partial charge in [0.05, 0.1) is 12.2 Å². The number of amides is 1. The highest BCUT2D eigenvalue weighted by molar-refractivity contribution is 5.88. The van der Waals surface area contributed by atoms with E-state index in [2.05, 4.69) is 13.8 Å². The summed E-state index contributed by atoms with van der Waals surface area (Å²) in [6, 6.07) is 0. The van der Waals surface area contributed by atoms with Crippen molar-refractivity contribution < 1.29 is 14.6 Å². The maximum Gasteiger partial charge on any atom is 0.254 e. The lowest BCUT2D eigenvalue weighted by molar-refractivity contribution is -0.142. The van der Waals surface area contributed by atoms with Gasteiger partial charge in [0.1, 0.15) is 5.60 Å². The van der Waals surface area contributed by atoms with Gasteiger partial charge in [0.15, 0.2) is 0 Å². The summed E-state index contributed by atoms with van der Waals surface area (Å²) in [6.07, 6.45) is 3.55. The van der Waals surface area contributed by atoms with Crippen LogP contribution in [-0.4, -0.2) is 46.8 Å². The van der Waals surface area contributed by atoms with Crippen LogP contribution in [0.1, 0.15) is 39.5 Å². The van der Waals surface area contributed by atoms with Crippen LogP contribution < -0.4 is 0 Å². The third kappa shape index (κ3) is 2.38. The molecule has 1 aliphatic carbocycles. The Morgan fingerprint density at radius 2 is 2.31 bits per heavy atom. The number of aliphatic hydroxyl groups is 1. The van der Waals surface area contributed by atoms with Crippen LogP contribution in [0.4, 0.5) is 0 Å². The Labute approximate surface area is 96.6 Å². The van der Waals surface area contributed by atoms with Crippen LogP contribution in [0.25, 0.3) is 0 Å². The Kier molecular flexibility index (Phi) is 3.22. The molecule has 2 fully saturated rings. The number of rotatable bonds is 4. The molecule has 0 aromatic carbocycles. The van der Waals surface area contributed by atoms with Crippen LogP contribution in [0.3, 0.4) is 0 Å². The zero-order valence-corrected chi connectivity index (χ0v) is 10.1. The topological polar surface area (TPSA) is 49.8 Å². The van der Waals surface area contributed by atoms with E-state index in [-0.39, 0.29) is 18.1 Å². The number of nitrogens with zero attached hydrogens (tertiary/aromatic N) is 1. The standard InChI is InChI=1S/C12H21NO3/c1-3-9(2)16-10-4-7-13(8-10)11(14)12(15)5-6-12/h9-10,15H,3-8H2,1-2H3/t9?,10-/m0/s1. The molecule has 92 valence electrons. The molecule has 0 aromatic rings. The normalized spacial score (nSPS) is 29.2. The molecule has 1 aliphatic heterocycles. The van der Waals surface area contributed by atoms with Gasteiger partial charge >= 0.3 is 0 Å². The fourth-order valence-corrected chi connectivity index (χ4v) is 2.08. The van der Waals surface area contributed by atoms with Crippen molar-refractivity contribution >= 4 is 5.91 Å². The monoisotopic (exact) mass is 227 g/mol. The molecule has 4 heteroatoms. The number of likely N-dealkylation sites (tertiary alicyclic amines) is 1. The minimum absolute atomic E-state index is 0.0947. The number of ether oxygens (including phenoxy) is 1. The lowest BCUT2D eigenvalue weighted by Crippen LogP contribution is -2.39. The molecular weight excluding hydrogens is 206 g/mol. The molecule has 4 nitrogen and oxygen atoms in total. The Bertz CT molecular complexity index is 275. The van der Waals surface area contributed by atoms with Crippen molar-refractivity contribution in [2.45, 2.75) is 57.3 Å². The zero-order chi connectivity index (χ0) is 11.8. The lowest BCUT2D eigenvalue weighted by Gasteiger charge is -2.21. The highest BCUT2D eigenvalue weighted by Gasteiger charge is 2.51. The van der Waals surface area contributed by atoms with Crippen LogP contribution in [0.5, 0.6) is 0 Å². The van der Waals surface area contributed by atoms with Crippen LogP contribution in [0, 0.1) is 0 Å². The summed E-state index contributed by atoms with van der Waals surface area (Å²) < 4.78 is 5.80. The summed E-state index contributed by atoms with van der Waals surface area (Å²) in [5.41, 5.74) is -1.02. The molecule has 0 bridgehead atoms. The average molecular weight is 227 g/mol. The molecule has 1 heterocycles. The van der Waals surface area contributed by atoms with Gasteiger partial charge in [-0.05, 0) is 32.6 Å². The van der Waals surface area contributed by atoms with E-state index in [0.29, 0.717) is 19.4 Å². The second kappa shape index (κ2) is 4.34. The van der Waals surface area contributed by atoms with E-state index in [0.717, 1.165) is 19.4 Å². The molecule has 16 heavy (non-hydrogen) atoms. The van der Waals surface area contributed by atoms with E-state index in [9.17, 15) is 9.90 Å². The van der Waals surface area contributed by atoms with Crippen molar-refractivity contribution in [2.24, 2.45) is 0 Å². The SMILES string of the molecule is CCC(C)O[C@H]1CCN(C(=O)C2(O)CC2)C1. The molecule has 2 aliphatic rings. The first-order valence-corrected chi connectivity index (χ1v) is 6.22. The van der Waals surface area contributed by atoms with E-state index in [1.54, 1.807) is 4.90 Å². The average Bonchev–Trinajstić information content (AvgIpc) is 2.86. The van der Waals surface area contributed by atoms with Crippen molar-refractivity contribution in [1.29, 1.82) is 0 Å². The number of hydrogen-bond donors (Lipinski definition) is 1. The summed E-state index contributed by atoms with van der Waals surface area (Å²) >= 11 is 0. The number of carbonyl (C=O) groups is 1. The highest BCUT2D eigenvalue weighted by Crippen LogP contribution is 2.37. The molecule has 0 aromatic heterocycles. The molecule has 0 spiro atoms. The Morgan fingerprint density at radius 3 is 2.88 bits per heavy atom. The Balaban J connectivity index is 1.81. The van der Waals surface area contributed by atoms with Gasteiger partial charge in [-0.1, -0.05) is 6.92 Å². The maximum absolute atomic E-state index is 11.9. The first-order valence-electron chi connectivity index (χ1n) is 6.22. The first-order chi connectivity index (χ1) is 7.55. The molecular formula is C12H21NO3. The van der Waals surface area contributed by atoms with E-state index in [1.807, 2.05) is 0 Å². The fraction of sp³-hybridized carbons (Fsp3) is 0.917. The van der Waals surface area contributed by atoms with Crippen molar-refractivity contribution in [1.82, 2.24) is 4.90 Å². The van der Waals surface area contributed by atoms with Gasteiger partial charge in [0.2, 0.25) is 0 Å². The molecule has 1 saturated heterocycles. The third-order valence-electron chi connectivity index (χ3n) is 3.55. The van der Waals surface area contributed by atoms with Gasteiger partial charge in [-0.2, -0.15) is 0 Å². The van der Waals surface area contributed by atoms with Gasteiger partial charge in [-0.3, -0.25) is 4.79 Å². The summed E-state index contributed by atoms with van der Waals surface area (Å²) in [4.78, 5) is 13.6. The smallest absolute Gasteiger partial charge is 0.254 e. The van der Waals surface area contributed by atoms with Gasteiger partial charge < -0.3 is 14.7 Å². The van der Waals surface area contributed by atoms with Crippen molar-refractivity contribution in [2.75, 3.05) is 13.1 Å². The zero-order valence-electron chi connectivity index (χ0n) is 10.1. The van der Waals surface area contributed by atoms with E-state index >= 15 is 0 Å². The Hall–Kier alpha value is -0.610. The first kappa shape index (κ1) is 11.9. The van der Waals surface area contributed by atoms with Crippen LogP contribution >= 0.6 is 0 Å². The van der Waals surface area contributed by atoms with E-state index < -0.39 is 5.60 Å². The summed E-state index contributed by atoms with van der Waals surface area (Å²) in [7, 11) is 0.